The van der Waals surface area contributed by atoms with Crippen LogP contribution in [0.4, 0.5) is 19.1 Å². The predicted molar refractivity (Wildman–Crippen MR) is 68.6 cm³/mol. The number of alkyl halides is 3. The molecule has 1 aromatic heterocycles. The van der Waals surface area contributed by atoms with Crippen molar-refractivity contribution in [1.82, 2.24) is 0 Å². The van der Waals surface area contributed by atoms with Crippen LogP contribution in [0.5, 0.6) is 0 Å². The first-order valence-corrected chi connectivity index (χ1v) is 6.54. The lowest BCUT2D eigenvalue weighted by molar-refractivity contribution is -0.170. The number of carbonyl (C=O) groups excluding carboxylic acids is 1. The number of fused-ring (bicyclic) bond motifs is 1. The van der Waals surface area contributed by atoms with Gasteiger partial charge in [0.15, 0.2) is 0 Å². The second-order valence-corrected chi connectivity index (χ2v) is 4.77. The maximum absolute atomic E-state index is 12.6. The Bertz CT molecular complexity index is 482. The van der Waals surface area contributed by atoms with Gasteiger partial charge in [-0.05, 0) is 31.2 Å². The van der Waals surface area contributed by atoms with Gasteiger partial charge in [-0.25, -0.2) is 0 Å². The minimum Gasteiger partial charge on any atom is -0.445 e. The highest BCUT2D eigenvalue weighted by Crippen LogP contribution is 2.31. The maximum atomic E-state index is 12.6. The Kier molecular flexibility index (Phi) is 4.20. The Balaban J connectivity index is 2.28. The molecule has 110 valence electrons. The Morgan fingerprint density at radius 2 is 2.10 bits per heavy atom. The Hall–Kier alpha value is -1.72. The predicted octanol–water partition coefficient (Wildman–Crippen LogP) is 3.63. The van der Waals surface area contributed by atoms with Gasteiger partial charge in [0.05, 0.1) is 0 Å². The summed E-state index contributed by atoms with van der Waals surface area (Å²) in [5, 5.41) is 0. The van der Waals surface area contributed by atoms with E-state index in [0.29, 0.717) is 17.1 Å². The molecule has 0 aliphatic heterocycles. The molecule has 0 aromatic carbocycles. The second kappa shape index (κ2) is 5.73. The molecule has 20 heavy (non-hydrogen) atoms. The van der Waals surface area contributed by atoms with Crippen LogP contribution in [0.2, 0.25) is 0 Å². The molecule has 1 heterocycles. The number of rotatable bonds is 4. The molecule has 0 radical (unpaired) electrons. The zero-order valence-corrected chi connectivity index (χ0v) is 11.0. The van der Waals surface area contributed by atoms with Crippen molar-refractivity contribution in [3.05, 3.63) is 30.0 Å². The van der Waals surface area contributed by atoms with Crippen molar-refractivity contribution in [3.8, 4) is 0 Å². The summed E-state index contributed by atoms with van der Waals surface area (Å²) in [6.45, 7) is 3.37. The largest absolute Gasteiger partial charge is 0.471 e. The van der Waals surface area contributed by atoms with Gasteiger partial charge < -0.3 is 4.42 Å². The minimum absolute atomic E-state index is 0.0129. The van der Waals surface area contributed by atoms with Gasteiger partial charge in [-0.15, -0.1) is 6.58 Å². The number of aryl methyl sites for hydroxylation is 2. The maximum Gasteiger partial charge on any atom is 0.471 e. The van der Waals surface area contributed by atoms with Crippen LogP contribution < -0.4 is 4.90 Å². The normalized spacial score (nSPS) is 14.8. The Labute approximate surface area is 115 Å². The molecule has 0 N–H and O–H groups in total. The summed E-state index contributed by atoms with van der Waals surface area (Å²) in [5.74, 6) is -1.21. The van der Waals surface area contributed by atoms with Gasteiger partial charge in [-0.3, -0.25) is 9.69 Å². The molecule has 1 aliphatic carbocycles. The number of hydrogen-bond acceptors (Lipinski definition) is 2. The number of halogens is 3. The van der Waals surface area contributed by atoms with E-state index < -0.39 is 12.1 Å². The fraction of sp³-hybridized carbons (Fsp3) is 0.500. The lowest BCUT2D eigenvalue weighted by Crippen LogP contribution is -2.41. The van der Waals surface area contributed by atoms with Crippen molar-refractivity contribution in [3.63, 3.8) is 0 Å². The van der Waals surface area contributed by atoms with E-state index in [-0.39, 0.29) is 18.8 Å². The highest BCUT2D eigenvalue weighted by Gasteiger charge is 2.44. The van der Waals surface area contributed by atoms with Crippen LogP contribution in [0.3, 0.4) is 0 Å². The smallest absolute Gasteiger partial charge is 0.445 e. The van der Waals surface area contributed by atoms with Crippen LogP contribution in [0.1, 0.15) is 30.6 Å². The molecular weight excluding hydrogens is 271 g/mol. The molecule has 1 amide bonds. The van der Waals surface area contributed by atoms with E-state index >= 15 is 0 Å². The van der Waals surface area contributed by atoms with Crippen LogP contribution in [0, 0.1) is 0 Å². The molecule has 0 bridgehead atoms. The van der Waals surface area contributed by atoms with Crippen LogP contribution in [-0.2, 0) is 17.6 Å². The number of hydrogen-bond donors (Lipinski definition) is 0. The van der Waals surface area contributed by atoms with Crippen molar-refractivity contribution < 1.29 is 22.4 Å². The third-order valence-electron chi connectivity index (χ3n) is 3.29. The summed E-state index contributed by atoms with van der Waals surface area (Å²) in [4.78, 5) is 12.1. The first-order valence-electron chi connectivity index (χ1n) is 6.54. The van der Waals surface area contributed by atoms with Crippen molar-refractivity contribution >= 4 is 11.8 Å². The fourth-order valence-electron chi connectivity index (χ4n) is 2.29. The summed E-state index contributed by atoms with van der Waals surface area (Å²) in [5.41, 5.74) is 0.907. The van der Waals surface area contributed by atoms with Crippen LogP contribution >= 0.6 is 0 Å². The molecule has 6 heteroatoms. The monoisotopic (exact) mass is 287 g/mol. The molecule has 0 spiro atoms. The lowest BCUT2D eigenvalue weighted by atomic mass is 9.99. The van der Waals surface area contributed by atoms with Crippen LogP contribution in [-0.4, -0.2) is 18.6 Å². The third-order valence-corrected chi connectivity index (χ3v) is 3.29. The minimum atomic E-state index is -4.91. The van der Waals surface area contributed by atoms with Crippen molar-refractivity contribution in [2.75, 3.05) is 11.4 Å². The highest BCUT2D eigenvalue weighted by atomic mass is 19.4. The Morgan fingerprint density at radius 3 is 2.70 bits per heavy atom. The molecule has 3 nitrogen and oxygen atoms in total. The van der Waals surface area contributed by atoms with Crippen molar-refractivity contribution in [2.45, 2.75) is 38.3 Å². The van der Waals surface area contributed by atoms with E-state index in [1.165, 1.54) is 6.08 Å². The fourth-order valence-corrected chi connectivity index (χ4v) is 2.29. The summed E-state index contributed by atoms with van der Waals surface area (Å²) in [7, 11) is 0. The first-order chi connectivity index (χ1) is 9.43. The van der Waals surface area contributed by atoms with E-state index in [0.717, 1.165) is 24.8 Å². The lowest BCUT2D eigenvalue weighted by Gasteiger charge is -2.20. The van der Waals surface area contributed by atoms with Crippen molar-refractivity contribution in [1.29, 1.82) is 0 Å². The standard InChI is InChI=1S/C14H16F3NO2/c1-2-3-8-18(13(19)14(15,16)17)12-9-10-6-4-5-7-11(10)20-12/h2,9H,1,3-8H2. The molecular formula is C14H16F3NO2. The van der Waals surface area contributed by atoms with Crippen molar-refractivity contribution in [2.24, 2.45) is 0 Å². The summed E-state index contributed by atoms with van der Waals surface area (Å²) in [6.07, 6.45) is 0.284. The topological polar surface area (TPSA) is 33.5 Å². The molecule has 0 unspecified atom stereocenters. The second-order valence-electron chi connectivity index (χ2n) is 4.77. The molecule has 0 saturated heterocycles. The van der Waals surface area contributed by atoms with Crippen LogP contribution in [0.25, 0.3) is 0 Å². The molecule has 1 aromatic rings. The van der Waals surface area contributed by atoms with Gasteiger partial charge in [0.1, 0.15) is 5.76 Å². The number of furan rings is 1. The van der Waals surface area contributed by atoms with Gasteiger partial charge in [-0.2, -0.15) is 13.2 Å². The van der Waals surface area contributed by atoms with Crippen LogP contribution in [0.15, 0.2) is 23.1 Å². The van der Waals surface area contributed by atoms with Gasteiger partial charge >= 0.3 is 12.1 Å². The molecule has 2 rings (SSSR count). The highest BCUT2D eigenvalue weighted by molar-refractivity contribution is 5.96. The number of amides is 1. The average molecular weight is 287 g/mol. The Morgan fingerprint density at radius 1 is 1.40 bits per heavy atom. The number of anilines is 1. The number of carbonyl (C=O) groups is 1. The molecule has 0 atom stereocenters. The first kappa shape index (κ1) is 14.7. The van der Waals surface area contributed by atoms with E-state index in [2.05, 4.69) is 6.58 Å². The zero-order chi connectivity index (χ0) is 14.8. The quantitative estimate of drug-likeness (QED) is 0.792. The summed E-state index contributed by atoms with van der Waals surface area (Å²) >= 11 is 0. The summed E-state index contributed by atoms with van der Waals surface area (Å²) in [6, 6.07) is 1.56. The zero-order valence-electron chi connectivity index (χ0n) is 11.0. The molecule has 0 fully saturated rings. The third kappa shape index (κ3) is 3.05. The van der Waals surface area contributed by atoms with E-state index in [1.54, 1.807) is 6.07 Å². The van der Waals surface area contributed by atoms with Gasteiger partial charge in [-0.1, -0.05) is 6.08 Å². The van der Waals surface area contributed by atoms with E-state index in [4.69, 9.17) is 4.42 Å². The number of nitrogens with zero attached hydrogens (tertiary/aromatic N) is 1. The van der Waals surface area contributed by atoms with Gasteiger partial charge in [0.2, 0.25) is 5.88 Å². The molecule has 1 aliphatic rings. The van der Waals surface area contributed by atoms with E-state index in [9.17, 15) is 18.0 Å². The summed E-state index contributed by atoms with van der Waals surface area (Å²) < 4.78 is 43.4. The van der Waals surface area contributed by atoms with E-state index in [1.807, 2.05) is 0 Å². The average Bonchev–Trinajstić information content (AvgIpc) is 2.81. The van der Waals surface area contributed by atoms with Gasteiger partial charge in [0, 0.05) is 19.0 Å². The molecule has 0 saturated carbocycles. The van der Waals surface area contributed by atoms with Gasteiger partial charge in [0.25, 0.3) is 0 Å². The SMILES string of the molecule is C=CCCN(C(=O)C(F)(F)F)c1cc2c(o1)CCCC2.